The molecule has 0 fully saturated rings. The third-order valence-electron chi connectivity index (χ3n) is 2.92. The lowest BCUT2D eigenvalue weighted by atomic mass is 10.3. The van der Waals surface area contributed by atoms with Crippen molar-refractivity contribution < 1.29 is 9.53 Å². The van der Waals surface area contributed by atoms with Gasteiger partial charge in [0.15, 0.2) is 0 Å². The number of aromatic nitrogens is 2. The Bertz CT molecular complexity index is 517. The molecular weight excluding hydrogens is 242 g/mol. The molecule has 19 heavy (non-hydrogen) atoms. The second-order valence-corrected chi connectivity index (χ2v) is 4.31. The van der Waals surface area contributed by atoms with E-state index >= 15 is 0 Å². The Kier molecular flexibility index (Phi) is 4.52. The van der Waals surface area contributed by atoms with E-state index in [2.05, 4.69) is 9.97 Å². The van der Waals surface area contributed by atoms with E-state index in [1.165, 1.54) is 0 Å². The van der Waals surface area contributed by atoms with Gasteiger partial charge in [-0.1, -0.05) is 19.1 Å². The first-order valence-corrected chi connectivity index (χ1v) is 6.54. The zero-order valence-corrected chi connectivity index (χ0v) is 11.3. The van der Waals surface area contributed by atoms with E-state index in [4.69, 9.17) is 4.74 Å². The van der Waals surface area contributed by atoms with Crippen LogP contribution in [0.15, 0.2) is 24.3 Å². The van der Waals surface area contributed by atoms with E-state index in [1.54, 1.807) is 0 Å². The fourth-order valence-electron chi connectivity index (χ4n) is 1.96. The highest BCUT2D eigenvalue weighted by Crippen LogP contribution is 2.11. The predicted molar refractivity (Wildman–Crippen MR) is 73.7 cm³/mol. The Hall–Kier alpha value is -1.88. The van der Waals surface area contributed by atoms with Crippen LogP contribution in [0.4, 0.5) is 0 Å². The summed E-state index contributed by atoms with van der Waals surface area (Å²) in [6.45, 7) is 5.93. The van der Waals surface area contributed by atoms with Gasteiger partial charge in [-0.15, -0.1) is 0 Å². The smallest absolute Gasteiger partial charge is 0.320 e. The summed E-state index contributed by atoms with van der Waals surface area (Å²) in [5, 5.41) is 0. The van der Waals surface area contributed by atoms with Crippen LogP contribution in [0, 0.1) is 0 Å². The standard InChI is InChI=1S/C14H19N3O2/c1-3-17(10-14(18)19-4-2)9-13-15-11-7-5-6-8-12(11)16-13/h5-8H,3-4,9-10H2,1-2H3,(H,15,16). The van der Waals surface area contributed by atoms with E-state index in [0.29, 0.717) is 19.7 Å². The molecule has 0 aliphatic rings. The normalized spacial score (nSPS) is 11.1. The minimum atomic E-state index is -0.194. The number of nitrogens with zero attached hydrogens (tertiary/aromatic N) is 2. The quantitative estimate of drug-likeness (QED) is 0.807. The molecule has 1 heterocycles. The lowest BCUT2D eigenvalue weighted by Gasteiger charge is -2.17. The lowest BCUT2D eigenvalue weighted by Crippen LogP contribution is -2.30. The van der Waals surface area contributed by atoms with Crippen LogP contribution in [0.1, 0.15) is 19.7 Å². The molecule has 0 radical (unpaired) electrons. The van der Waals surface area contributed by atoms with Crippen LogP contribution in [0.25, 0.3) is 11.0 Å². The van der Waals surface area contributed by atoms with Gasteiger partial charge in [-0.3, -0.25) is 9.69 Å². The Morgan fingerprint density at radius 2 is 2.16 bits per heavy atom. The highest BCUT2D eigenvalue weighted by atomic mass is 16.5. The van der Waals surface area contributed by atoms with Crippen molar-refractivity contribution in [3.05, 3.63) is 30.1 Å². The average Bonchev–Trinajstić information content (AvgIpc) is 2.80. The molecule has 0 atom stereocenters. The molecule has 1 aromatic heterocycles. The molecule has 0 spiro atoms. The molecule has 0 saturated heterocycles. The largest absolute Gasteiger partial charge is 0.465 e. The van der Waals surface area contributed by atoms with Crippen LogP contribution in [0.3, 0.4) is 0 Å². The zero-order chi connectivity index (χ0) is 13.7. The highest BCUT2D eigenvalue weighted by molar-refractivity contribution is 5.74. The molecule has 1 N–H and O–H groups in total. The number of nitrogens with one attached hydrogen (secondary N) is 1. The van der Waals surface area contributed by atoms with Crippen LogP contribution >= 0.6 is 0 Å². The van der Waals surface area contributed by atoms with Gasteiger partial charge in [-0.05, 0) is 25.6 Å². The fraction of sp³-hybridized carbons (Fsp3) is 0.429. The molecule has 5 heteroatoms. The third-order valence-corrected chi connectivity index (χ3v) is 2.92. The number of H-pyrrole nitrogens is 1. The predicted octanol–water partition coefficient (Wildman–Crippen LogP) is 1.95. The maximum atomic E-state index is 11.5. The summed E-state index contributed by atoms with van der Waals surface area (Å²) in [4.78, 5) is 21.2. The number of rotatable bonds is 6. The minimum absolute atomic E-state index is 0.194. The second-order valence-electron chi connectivity index (χ2n) is 4.31. The van der Waals surface area contributed by atoms with Crippen LogP contribution in [-0.4, -0.2) is 40.5 Å². The van der Waals surface area contributed by atoms with Crippen LogP contribution in [-0.2, 0) is 16.1 Å². The Morgan fingerprint density at radius 3 is 2.84 bits per heavy atom. The number of carbonyl (C=O) groups excluding carboxylic acids is 1. The van der Waals surface area contributed by atoms with Gasteiger partial charge >= 0.3 is 5.97 Å². The Morgan fingerprint density at radius 1 is 1.37 bits per heavy atom. The highest BCUT2D eigenvalue weighted by Gasteiger charge is 2.12. The van der Waals surface area contributed by atoms with Gasteiger partial charge in [-0.25, -0.2) is 4.98 Å². The van der Waals surface area contributed by atoms with Crippen molar-refractivity contribution in [3.8, 4) is 0 Å². The molecule has 0 aliphatic carbocycles. The van der Waals surface area contributed by atoms with Crippen molar-refractivity contribution in [2.24, 2.45) is 0 Å². The number of likely N-dealkylation sites (N-methyl/N-ethyl adjacent to an activating group) is 1. The summed E-state index contributed by atoms with van der Waals surface area (Å²) in [6, 6.07) is 7.90. The maximum absolute atomic E-state index is 11.5. The molecule has 0 unspecified atom stereocenters. The number of aromatic amines is 1. The number of ether oxygens (including phenoxy) is 1. The number of imidazole rings is 1. The number of hydrogen-bond acceptors (Lipinski definition) is 4. The van der Waals surface area contributed by atoms with Gasteiger partial charge < -0.3 is 9.72 Å². The number of fused-ring (bicyclic) bond motifs is 1. The SMILES string of the molecule is CCOC(=O)CN(CC)Cc1nc2ccccc2[nH]1. The van der Waals surface area contributed by atoms with E-state index in [0.717, 1.165) is 23.4 Å². The summed E-state index contributed by atoms with van der Waals surface area (Å²) in [6.07, 6.45) is 0. The molecule has 102 valence electrons. The number of para-hydroxylation sites is 2. The van der Waals surface area contributed by atoms with E-state index in [9.17, 15) is 4.79 Å². The van der Waals surface area contributed by atoms with E-state index in [-0.39, 0.29) is 5.97 Å². The monoisotopic (exact) mass is 261 g/mol. The summed E-state index contributed by atoms with van der Waals surface area (Å²) in [5.74, 6) is 0.674. The molecular formula is C14H19N3O2. The van der Waals surface area contributed by atoms with E-state index < -0.39 is 0 Å². The molecule has 5 nitrogen and oxygen atoms in total. The van der Waals surface area contributed by atoms with Crippen molar-refractivity contribution >= 4 is 17.0 Å². The Labute approximate surface area is 112 Å². The van der Waals surface area contributed by atoms with Crippen molar-refractivity contribution in [1.29, 1.82) is 0 Å². The first kappa shape index (κ1) is 13.5. The number of hydrogen-bond donors (Lipinski definition) is 1. The maximum Gasteiger partial charge on any atom is 0.320 e. The summed E-state index contributed by atoms with van der Waals surface area (Å²) in [5.41, 5.74) is 1.97. The van der Waals surface area contributed by atoms with Gasteiger partial charge in [0.2, 0.25) is 0 Å². The lowest BCUT2D eigenvalue weighted by molar-refractivity contribution is -0.144. The van der Waals surface area contributed by atoms with Gasteiger partial charge in [0.25, 0.3) is 0 Å². The molecule has 0 aliphatic heterocycles. The number of esters is 1. The molecule has 0 bridgehead atoms. The van der Waals surface area contributed by atoms with Gasteiger partial charge in [0.05, 0.1) is 30.7 Å². The average molecular weight is 261 g/mol. The van der Waals surface area contributed by atoms with Gasteiger partial charge in [0.1, 0.15) is 5.82 Å². The molecule has 2 rings (SSSR count). The molecule has 1 aromatic carbocycles. The summed E-state index contributed by atoms with van der Waals surface area (Å²) < 4.78 is 4.96. The summed E-state index contributed by atoms with van der Waals surface area (Å²) >= 11 is 0. The van der Waals surface area contributed by atoms with Crippen LogP contribution < -0.4 is 0 Å². The molecule has 0 saturated carbocycles. The van der Waals surface area contributed by atoms with Crippen molar-refractivity contribution in [2.45, 2.75) is 20.4 Å². The minimum Gasteiger partial charge on any atom is -0.465 e. The Balaban J connectivity index is 2.03. The molecule has 2 aromatic rings. The number of carbonyl (C=O) groups is 1. The second kappa shape index (κ2) is 6.33. The first-order valence-electron chi connectivity index (χ1n) is 6.54. The fourth-order valence-corrected chi connectivity index (χ4v) is 1.96. The van der Waals surface area contributed by atoms with Crippen LogP contribution in [0.2, 0.25) is 0 Å². The molecule has 0 amide bonds. The topological polar surface area (TPSA) is 58.2 Å². The first-order chi connectivity index (χ1) is 9.22. The van der Waals surface area contributed by atoms with Crippen molar-refractivity contribution in [1.82, 2.24) is 14.9 Å². The van der Waals surface area contributed by atoms with Gasteiger partial charge in [0, 0.05) is 0 Å². The zero-order valence-electron chi connectivity index (χ0n) is 11.3. The number of benzene rings is 1. The summed E-state index contributed by atoms with van der Waals surface area (Å²) in [7, 11) is 0. The van der Waals surface area contributed by atoms with Crippen LogP contribution in [0.5, 0.6) is 0 Å². The van der Waals surface area contributed by atoms with Crippen molar-refractivity contribution in [3.63, 3.8) is 0 Å². The third kappa shape index (κ3) is 3.54. The van der Waals surface area contributed by atoms with Crippen molar-refractivity contribution in [2.75, 3.05) is 19.7 Å². The van der Waals surface area contributed by atoms with Gasteiger partial charge in [-0.2, -0.15) is 0 Å². The van der Waals surface area contributed by atoms with E-state index in [1.807, 2.05) is 43.0 Å².